The van der Waals surface area contributed by atoms with Gasteiger partial charge >= 0.3 is 5.97 Å². The molecule has 0 aliphatic rings. The van der Waals surface area contributed by atoms with Crippen molar-refractivity contribution >= 4 is 11.7 Å². The summed E-state index contributed by atoms with van der Waals surface area (Å²) in [6.07, 6.45) is 1.41. The number of hydrogen-bond acceptors (Lipinski definition) is 4. The second-order valence-corrected chi connectivity index (χ2v) is 3.34. The second kappa shape index (κ2) is 5.97. The maximum Gasteiger partial charge on any atom is 0.335 e. The predicted octanol–water partition coefficient (Wildman–Crippen LogP) is 1.12. The Morgan fingerprint density at radius 1 is 1.38 bits per heavy atom. The minimum Gasteiger partial charge on any atom is -0.491 e. The molecule has 1 rings (SSSR count). The zero-order valence-electron chi connectivity index (χ0n) is 8.85. The monoisotopic (exact) mass is 225 g/mol. The van der Waals surface area contributed by atoms with Gasteiger partial charge in [-0.1, -0.05) is 0 Å². The number of aliphatic hydroxyl groups is 1. The van der Waals surface area contributed by atoms with Crippen LogP contribution in [0.2, 0.25) is 0 Å². The molecule has 5 heteroatoms. The van der Waals surface area contributed by atoms with Crippen LogP contribution in [0, 0.1) is 0 Å². The molecule has 0 saturated heterocycles. The zero-order chi connectivity index (χ0) is 12.0. The van der Waals surface area contributed by atoms with Crippen molar-refractivity contribution in [2.24, 2.45) is 0 Å². The average molecular weight is 225 g/mol. The Bertz CT molecular complexity index is 365. The van der Waals surface area contributed by atoms with Crippen molar-refractivity contribution < 1.29 is 19.7 Å². The van der Waals surface area contributed by atoms with E-state index in [1.54, 1.807) is 0 Å². The Hall–Kier alpha value is -1.75. The highest BCUT2D eigenvalue weighted by Gasteiger charge is 2.06. The highest BCUT2D eigenvalue weighted by atomic mass is 16.5. The van der Waals surface area contributed by atoms with Crippen LogP contribution in [-0.2, 0) is 0 Å². The Labute approximate surface area is 93.5 Å². The highest BCUT2D eigenvalue weighted by molar-refractivity contribution is 5.89. The van der Waals surface area contributed by atoms with E-state index in [0.717, 1.165) is 6.42 Å². The van der Waals surface area contributed by atoms with Gasteiger partial charge in [-0.05, 0) is 31.0 Å². The quantitative estimate of drug-likeness (QED) is 0.498. The molecule has 0 aliphatic carbocycles. The molecule has 0 spiro atoms. The summed E-state index contributed by atoms with van der Waals surface area (Å²) in [6, 6.07) is 4.35. The van der Waals surface area contributed by atoms with Crippen LogP contribution in [0.25, 0.3) is 0 Å². The summed E-state index contributed by atoms with van der Waals surface area (Å²) in [4.78, 5) is 10.6. The van der Waals surface area contributed by atoms with Crippen LogP contribution in [-0.4, -0.2) is 29.4 Å². The molecule has 4 N–H and O–H groups in total. The van der Waals surface area contributed by atoms with Crippen LogP contribution < -0.4 is 10.5 Å². The molecule has 0 fully saturated rings. The largest absolute Gasteiger partial charge is 0.491 e. The van der Waals surface area contributed by atoms with E-state index in [2.05, 4.69) is 0 Å². The molecule has 1 aromatic carbocycles. The number of benzene rings is 1. The minimum absolute atomic E-state index is 0.136. The maximum absolute atomic E-state index is 10.6. The van der Waals surface area contributed by atoms with Gasteiger partial charge < -0.3 is 20.7 Å². The van der Waals surface area contributed by atoms with E-state index < -0.39 is 5.97 Å². The van der Waals surface area contributed by atoms with Gasteiger partial charge in [0.15, 0.2) is 0 Å². The van der Waals surface area contributed by atoms with E-state index in [0.29, 0.717) is 24.5 Å². The van der Waals surface area contributed by atoms with Gasteiger partial charge in [-0.25, -0.2) is 4.79 Å². The zero-order valence-corrected chi connectivity index (χ0v) is 8.85. The van der Waals surface area contributed by atoms with Crippen LogP contribution in [0.1, 0.15) is 23.2 Å². The van der Waals surface area contributed by atoms with E-state index in [1.807, 2.05) is 0 Å². The Balaban J connectivity index is 2.57. The van der Waals surface area contributed by atoms with Gasteiger partial charge in [0.25, 0.3) is 0 Å². The SMILES string of the molecule is Nc1cc(C(=O)O)ccc1OCCCCO. The summed E-state index contributed by atoms with van der Waals surface area (Å²) < 4.78 is 5.34. The second-order valence-electron chi connectivity index (χ2n) is 3.34. The van der Waals surface area contributed by atoms with Crippen LogP contribution >= 0.6 is 0 Å². The van der Waals surface area contributed by atoms with Crippen molar-refractivity contribution in [3.05, 3.63) is 23.8 Å². The standard InChI is InChI=1S/C11H15NO4/c12-9-7-8(11(14)15)3-4-10(9)16-6-2-1-5-13/h3-4,7,13H,1-2,5-6,12H2,(H,14,15). The molecule has 0 radical (unpaired) electrons. The first-order valence-corrected chi connectivity index (χ1v) is 5.01. The molecule has 0 saturated carbocycles. The Morgan fingerprint density at radius 3 is 2.69 bits per heavy atom. The van der Waals surface area contributed by atoms with Crippen molar-refractivity contribution in [2.75, 3.05) is 18.9 Å². The molecule has 0 aromatic heterocycles. The molecule has 0 unspecified atom stereocenters. The number of carboxylic acid groups (broad SMARTS) is 1. The van der Waals surface area contributed by atoms with E-state index in [1.165, 1.54) is 18.2 Å². The number of ether oxygens (including phenoxy) is 1. The van der Waals surface area contributed by atoms with Gasteiger partial charge in [0.1, 0.15) is 5.75 Å². The lowest BCUT2D eigenvalue weighted by molar-refractivity contribution is 0.0697. The predicted molar refractivity (Wildman–Crippen MR) is 59.6 cm³/mol. The summed E-state index contributed by atoms with van der Waals surface area (Å²) in [5.74, 6) is -0.540. The fourth-order valence-electron chi connectivity index (χ4n) is 1.21. The van der Waals surface area contributed by atoms with Gasteiger partial charge in [-0.15, -0.1) is 0 Å². The number of aromatic carboxylic acids is 1. The first-order valence-electron chi connectivity index (χ1n) is 5.01. The van der Waals surface area contributed by atoms with Crippen LogP contribution in [0.15, 0.2) is 18.2 Å². The van der Waals surface area contributed by atoms with Crippen LogP contribution in [0.3, 0.4) is 0 Å². The van der Waals surface area contributed by atoms with E-state index in [4.69, 9.17) is 20.7 Å². The first-order chi connectivity index (χ1) is 7.65. The molecule has 0 aliphatic heterocycles. The summed E-state index contributed by atoms with van der Waals surface area (Å²) in [5, 5.41) is 17.3. The number of aliphatic hydroxyl groups excluding tert-OH is 1. The van der Waals surface area contributed by atoms with Crippen LogP contribution in [0.5, 0.6) is 5.75 Å². The lowest BCUT2D eigenvalue weighted by Crippen LogP contribution is -2.03. The number of anilines is 1. The third-order valence-electron chi connectivity index (χ3n) is 2.07. The normalized spacial score (nSPS) is 10.1. The summed E-state index contributed by atoms with van der Waals surface area (Å²) in [7, 11) is 0. The topological polar surface area (TPSA) is 92.8 Å². The average Bonchev–Trinajstić information content (AvgIpc) is 2.26. The summed E-state index contributed by atoms with van der Waals surface area (Å²) in [6.45, 7) is 0.591. The molecule has 0 heterocycles. The fourth-order valence-corrected chi connectivity index (χ4v) is 1.21. The van der Waals surface area contributed by atoms with Crippen molar-refractivity contribution in [2.45, 2.75) is 12.8 Å². The van der Waals surface area contributed by atoms with E-state index in [9.17, 15) is 4.79 Å². The number of nitrogens with two attached hydrogens (primary N) is 1. The number of carboxylic acids is 1. The van der Waals surface area contributed by atoms with Gasteiger partial charge in [0.2, 0.25) is 0 Å². The Kier molecular flexibility index (Phi) is 4.60. The third kappa shape index (κ3) is 3.43. The molecule has 88 valence electrons. The van der Waals surface area contributed by atoms with E-state index in [-0.39, 0.29) is 12.2 Å². The first kappa shape index (κ1) is 12.3. The summed E-state index contributed by atoms with van der Waals surface area (Å²) in [5.41, 5.74) is 6.08. The van der Waals surface area contributed by atoms with Gasteiger partial charge in [-0.3, -0.25) is 0 Å². The number of hydrogen-bond donors (Lipinski definition) is 3. The number of unbranched alkanes of at least 4 members (excludes halogenated alkanes) is 1. The molecule has 16 heavy (non-hydrogen) atoms. The lowest BCUT2D eigenvalue weighted by Gasteiger charge is -2.08. The molecule has 1 aromatic rings. The lowest BCUT2D eigenvalue weighted by atomic mass is 10.2. The number of nitrogen functional groups attached to an aromatic ring is 1. The highest BCUT2D eigenvalue weighted by Crippen LogP contribution is 2.22. The maximum atomic E-state index is 10.6. The van der Waals surface area contributed by atoms with Crippen molar-refractivity contribution in [1.82, 2.24) is 0 Å². The number of rotatable bonds is 6. The van der Waals surface area contributed by atoms with Gasteiger partial charge in [0.05, 0.1) is 17.9 Å². The smallest absolute Gasteiger partial charge is 0.335 e. The molecular formula is C11H15NO4. The van der Waals surface area contributed by atoms with Crippen molar-refractivity contribution in [3.8, 4) is 5.75 Å². The van der Waals surface area contributed by atoms with Crippen LogP contribution in [0.4, 0.5) is 5.69 Å². The molecule has 0 amide bonds. The van der Waals surface area contributed by atoms with Gasteiger partial charge in [-0.2, -0.15) is 0 Å². The third-order valence-corrected chi connectivity index (χ3v) is 2.07. The fraction of sp³-hybridized carbons (Fsp3) is 0.364. The molecule has 0 bridgehead atoms. The van der Waals surface area contributed by atoms with Crippen molar-refractivity contribution in [1.29, 1.82) is 0 Å². The molecule has 5 nitrogen and oxygen atoms in total. The minimum atomic E-state index is -1.02. The van der Waals surface area contributed by atoms with Crippen molar-refractivity contribution in [3.63, 3.8) is 0 Å². The molecular weight excluding hydrogens is 210 g/mol. The number of carbonyl (C=O) groups is 1. The Morgan fingerprint density at radius 2 is 2.12 bits per heavy atom. The van der Waals surface area contributed by atoms with E-state index >= 15 is 0 Å². The summed E-state index contributed by atoms with van der Waals surface area (Å²) >= 11 is 0. The molecule has 0 atom stereocenters. The van der Waals surface area contributed by atoms with Gasteiger partial charge in [0, 0.05) is 6.61 Å².